The van der Waals surface area contributed by atoms with Crippen LogP contribution in [0.3, 0.4) is 0 Å². The number of carbonyl (C=O) groups excluding carboxylic acids is 3. The molecule has 0 spiro atoms. The van der Waals surface area contributed by atoms with Crippen molar-refractivity contribution < 1.29 is 28.6 Å². The Kier molecular flexibility index (Phi) is 14.0. The van der Waals surface area contributed by atoms with Crippen LogP contribution >= 0.6 is 0 Å². The molecule has 0 radical (unpaired) electrons. The lowest BCUT2D eigenvalue weighted by atomic mass is 10.0. The van der Waals surface area contributed by atoms with Crippen molar-refractivity contribution in [2.24, 2.45) is 5.92 Å². The minimum Gasteiger partial charge on any atom is -0.488 e. The molecule has 272 valence electrons. The topological polar surface area (TPSA) is 97.4 Å². The van der Waals surface area contributed by atoms with Gasteiger partial charge in [0, 0.05) is 39.6 Å². The highest BCUT2D eigenvalue weighted by Crippen LogP contribution is 2.21. The first-order chi connectivity index (χ1) is 23.3. The molecule has 0 unspecified atom stereocenters. The van der Waals surface area contributed by atoms with E-state index in [9.17, 15) is 14.4 Å². The average molecular weight is 688 g/mol. The van der Waals surface area contributed by atoms with Gasteiger partial charge in [-0.3, -0.25) is 9.69 Å². The third-order valence-electron chi connectivity index (χ3n) is 7.33. The van der Waals surface area contributed by atoms with Crippen molar-refractivity contribution in [1.29, 1.82) is 0 Å². The van der Waals surface area contributed by atoms with Crippen LogP contribution in [0.5, 0.6) is 5.75 Å². The van der Waals surface area contributed by atoms with Crippen LogP contribution < -0.4 is 10.1 Å². The molecule has 2 atom stereocenters. The van der Waals surface area contributed by atoms with Crippen LogP contribution in [0.15, 0.2) is 84.9 Å². The number of nitrogens with one attached hydrogen (secondary N) is 1. The maximum atomic E-state index is 13.8. The highest BCUT2D eigenvalue weighted by molar-refractivity contribution is 5.84. The van der Waals surface area contributed by atoms with Crippen LogP contribution in [0, 0.1) is 5.92 Å². The quantitative estimate of drug-likeness (QED) is 0.176. The maximum Gasteiger partial charge on any atom is 0.329 e. The predicted molar refractivity (Wildman–Crippen MR) is 198 cm³/mol. The smallest absolute Gasteiger partial charge is 0.329 e. The molecular formula is C41H57N3O6. The maximum absolute atomic E-state index is 13.8. The van der Waals surface area contributed by atoms with Gasteiger partial charge < -0.3 is 24.4 Å². The third-order valence-corrected chi connectivity index (χ3v) is 7.33. The summed E-state index contributed by atoms with van der Waals surface area (Å²) < 4.78 is 17.5. The molecule has 50 heavy (non-hydrogen) atoms. The summed E-state index contributed by atoms with van der Waals surface area (Å²) in [5.74, 6) is -0.910. The van der Waals surface area contributed by atoms with Gasteiger partial charge in [0.1, 0.15) is 28.6 Å². The zero-order valence-electron chi connectivity index (χ0n) is 31.6. The fraction of sp³-hybridized carbons (Fsp3) is 0.488. The van der Waals surface area contributed by atoms with E-state index in [1.165, 1.54) is 4.90 Å². The molecule has 0 aliphatic rings. The summed E-state index contributed by atoms with van der Waals surface area (Å²) in [6.45, 7) is 18.4. The molecule has 0 saturated heterocycles. The number of benzene rings is 3. The Morgan fingerprint density at radius 2 is 1.10 bits per heavy atom. The summed E-state index contributed by atoms with van der Waals surface area (Å²) in [7, 11) is 1.62. The largest absolute Gasteiger partial charge is 0.488 e. The summed E-state index contributed by atoms with van der Waals surface area (Å²) in [5.41, 5.74) is 1.23. The van der Waals surface area contributed by atoms with E-state index < -0.39 is 41.1 Å². The first-order valence-corrected chi connectivity index (χ1v) is 17.3. The van der Waals surface area contributed by atoms with Crippen LogP contribution in [0.1, 0.15) is 79.0 Å². The van der Waals surface area contributed by atoms with Gasteiger partial charge in [-0.25, -0.2) is 9.59 Å². The van der Waals surface area contributed by atoms with Gasteiger partial charge in [-0.05, 0) is 91.1 Å². The lowest BCUT2D eigenvalue weighted by molar-refractivity contribution is -0.161. The molecule has 0 saturated carbocycles. The van der Waals surface area contributed by atoms with Crippen molar-refractivity contribution in [2.75, 3.05) is 20.1 Å². The van der Waals surface area contributed by atoms with Crippen molar-refractivity contribution in [2.45, 2.75) is 105 Å². The first kappa shape index (κ1) is 40.1. The van der Waals surface area contributed by atoms with Crippen molar-refractivity contribution in [3.63, 3.8) is 0 Å². The second-order valence-electron chi connectivity index (χ2n) is 15.8. The van der Waals surface area contributed by atoms with E-state index in [1.807, 2.05) is 102 Å². The molecular weight excluding hydrogens is 630 g/mol. The Bertz CT molecular complexity index is 1460. The fourth-order valence-corrected chi connectivity index (χ4v) is 5.29. The van der Waals surface area contributed by atoms with Gasteiger partial charge in [0.2, 0.25) is 0 Å². The van der Waals surface area contributed by atoms with Gasteiger partial charge in [0.15, 0.2) is 0 Å². The van der Waals surface area contributed by atoms with E-state index in [-0.39, 0.29) is 18.6 Å². The van der Waals surface area contributed by atoms with Crippen LogP contribution in [0.2, 0.25) is 0 Å². The Morgan fingerprint density at radius 3 is 1.56 bits per heavy atom. The highest BCUT2D eigenvalue weighted by atomic mass is 16.6. The summed E-state index contributed by atoms with van der Waals surface area (Å²) in [4.78, 5) is 44.5. The molecule has 0 fully saturated rings. The molecule has 3 aromatic carbocycles. The molecule has 0 heterocycles. The number of ether oxygens (including phenoxy) is 3. The number of amides is 2. The van der Waals surface area contributed by atoms with Crippen LogP contribution in [-0.2, 0) is 38.6 Å². The number of hydrogen-bond acceptors (Lipinski definition) is 7. The fourth-order valence-electron chi connectivity index (χ4n) is 5.29. The summed E-state index contributed by atoms with van der Waals surface area (Å²) >= 11 is 0. The number of carbonyl (C=O) groups is 3. The minimum atomic E-state index is -0.966. The summed E-state index contributed by atoms with van der Waals surface area (Å²) in [6, 6.07) is 26.1. The molecule has 9 nitrogen and oxygen atoms in total. The zero-order valence-corrected chi connectivity index (χ0v) is 31.6. The van der Waals surface area contributed by atoms with Gasteiger partial charge in [0.25, 0.3) is 0 Å². The Labute approximate surface area is 299 Å². The van der Waals surface area contributed by atoms with Gasteiger partial charge in [-0.2, -0.15) is 0 Å². The number of nitrogens with zero attached hydrogens (tertiary/aromatic N) is 2. The number of rotatable bonds is 14. The summed E-state index contributed by atoms with van der Waals surface area (Å²) in [6.07, 6.45) is 0.210. The van der Waals surface area contributed by atoms with E-state index in [1.54, 1.807) is 27.8 Å². The molecule has 3 aromatic rings. The van der Waals surface area contributed by atoms with E-state index in [0.717, 1.165) is 16.7 Å². The third kappa shape index (κ3) is 15.0. The van der Waals surface area contributed by atoms with Crippen LogP contribution in [-0.4, -0.2) is 70.8 Å². The molecule has 0 aliphatic heterocycles. The van der Waals surface area contributed by atoms with Gasteiger partial charge in [-0.15, -0.1) is 0 Å². The molecule has 1 N–H and O–H groups in total. The number of hydrogen-bond donors (Lipinski definition) is 1. The molecule has 3 rings (SSSR count). The van der Waals surface area contributed by atoms with Crippen LogP contribution in [0.25, 0.3) is 0 Å². The van der Waals surface area contributed by atoms with Gasteiger partial charge in [0.05, 0.1) is 5.92 Å². The Morgan fingerprint density at radius 1 is 0.620 bits per heavy atom. The van der Waals surface area contributed by atoms with Crippen LogP contribution in [0.4, 0.5) is 4.79 Å². The number of esters is 2. The van der Waals surface area contributed by atoms with Gasteiger partial charge in [-0.1, -0.05) is 72.8 Å². The molecule has 0 aromatic heterocycles. The average Bonchev–Trinajstić information content (AvgIpc) is 2.99. The lowest BCUT2D eigenvalue weighted by Crippen LogP contribution is -2.51. The second-order valence-corrected chi connectivity index (χ2v) is 15.8. The van der Waals surface area contributed by atoms with Crippen molar-refractivity contribution in [1.82, 2.24) is 15.1 Å². The highest BCUT2D eigenvalue weighted by Gasteiger charge is 2.32. The molecule has 0 aliphatic carbocycles. The van der Waals surface area contributed by atoms with Gasteiger partial charge >= 0.3 is 18.0 Å². The molecule has 9 heteroatoms. The second kappa shape index (κ2) is 17.5. The Balaban J connectivity index is 1.83. The van der Waals surface area contributed by atoms with Crippen molar-refractivity contribution in [3.05, 3.63) is 102 Å². The first-order valence-electron chi connectivity index (χ1n) is 17.3. The SMILES string of the molecule is CN(C[C@@H](CN(Cc1ccccc1)Cc1ccccc1)C(=O)OC(C)(C)C)C(=O)N[C@@H](Cc1ccc(OC(C)(C)C)cc1)C(=O)OC(C)(C)C. The van der Waals surface area contributed by atoms with E-state index >= 15 is 0 Å². The molecule has 2 amide bonds. The number of urea groups is 1. The van der Waals surface area contributed by atoms with E-state index in [2.05, 4.69) is 34.5 Å². The predicted octanol–water partition coefficient (Wildman–Crippen LogP) is 7.42. The summed E-state index contributed by atoms with van der Waals surface area (Å²) in [5, 5.41) is 2.88. The standard InChI is InChI=1S/C41H57N3O6/c1-39(2,3)48-34-23-21-30(22-24-34)25-35(37(46)50-41(7,8)9)42-38(47)43(10)28-33(36(45)49-40(4,5)6)29-44(26-31-17-13-11-14-18-31)27-32-19-15-12-16-20-32/h11-24,33,35H,25-29H2,1-10H3,(H,42,47)/t33-,35-/m0/s1. The van der Waals surface area contributed by atoms with E-state index in [4.69, 9.17) is 14.2 Å². The van der Waals surface area contributed by atoms with E-state index in [0.29, 0.717) is 25.4 Å². The normalized spacial score (nSPS) is 13.3. The zero-order chi connectivity index (χ0) is 37.1. The minimum absolute atomic E-state index is 0.0701. The van der Waals surface area contributed by atoms with Crippen molar-refractivity contribution >= 4 is 18.0 Å². The van der Waals surface area contributed by atoms with Crippen molar-refractivity contribution in [3.8, 4) is 5.75 Å². The monoisotopic (exact) mass is 687 g/mol. The Hall–Kier alpha value is -4.37. The lowest BCUT2D eigenvalue weighted by Gasteiger charge is -2.32. The molecule has 0 bridgehead atoms.